The largest absolute Gasteiger partial charge is 0.339 e. The summed E-state index contributed by atoms with van der Waals surface area (Å²) in [4.78, 5) is 8.40. The number of nitrogens with zero attached hydrogens (tertiary/aromatic N) is 2. The maximum absolute atomic E-state index is 13.8. The number of anilines is 4. The molecular weight excluding hydrogens is 334 g/mol. The number of para-hydroxylation sites is 2. The van der Waals surface area contributed by atoms with Crippen LogP contribution < -0.4 is 10.6 Å². The molecule has 7 heteroatoms. The first kappa shape index (κ1) is 16.1. The van der Waals surface area contributed by atoms with Gasteiger partial charge in [0.2, 0.25) is 0 Å². The van der Waals surface area contributed by atoms with E-state index in [9.17, 15) is 8.78 Å². The lowest BCUT2D eigenvalue weighted by Gasteiger charge is -2.12. The zero-order chi connectivity index (χ0) is 17.1. The van der Waals surface area contributed by atoms with Gasteiger partial charge in [-0.1, -0.05) is 29.8 Å². The van der Waals surface area contributed by atoms with Crippen LogP contribution in [0.25, 0.3) is 0 Å². The van der Waals surface area contributed by atoms with Crippen LogP contribution in [0.1, 0.15) is 5.82 Å². The van der Waals surface area contributed by atoms with Crippen LogP contribution in [0.3, 0.4) is 0 Å². The van der Waals surface area contributed by atoms with E-state index in [1.54, 1.807) is 25.1 Å². The van der Waals surface area contributed by atoms with Gasteiger partial charge in [0.05, 0.1) is 10.7 Å². The van der Waals surface area contributed by atoms with Crippen LogP contribution in [0.2, 0.25) is 5.02 Å². The predicted molar refractivity (Wildman–Crippen MR) is 91.1 cm³/mol. The molecule has 0 saturated carbocycles. The number of hydrogen-bond donors (Lipinski definition) is 2. The van der Waals surface area contributed by atoms with Crippen molar-refractivity contribution in [3.63, 3.8) is 0 Å². The maximum atomic E-state index is 13.8. The number of halogens is 3. The highest BCUT2D eigenvalue weighted by Gasteiger charge is 2.11. The Morgan fingerprint density at radius 2 is 1.50 bits per heavy atom. The lowest BCUT2D eigenvalue weighted by molar-refractivity contribution is 0.590. The molecule has 0 aliphatic heterocycles. The first-order chi connectivity index (χ1) is 11.5. The van der Waals surface area contributed by atoms with E-state index in [-0.39, 0.29) is 11.5 Å². The van der Waals surface area contributed by atoms with Gasteiger partial charge in [-0.15, -0.1) is 0 Å². The van der Waals surface area contributed by atoms with Crippen molar-refractivity contribution in [3.05, 3.63) is 71.0 Å². The van der Waals surface area contributed by atoms with Crippen molar-refractivity contribution in [1.29, 1.82) is 0 Å². The summed E-state index contributed by atoms with van der Waals surface area (Å²) < 4.78 is 27.5. The smallest absolute Gasteiger partial charge is 0.149 e. The van der Waals surface area contributed by atoms with Crippen molar-refractivity contribution in [2.45, 2.75) is 6.92 Å². The maximum Gasteiger partial charge on any atom is 0.149 e. The van der Waals surface area contributed by atoms with Crippen LogP contribution in [0, 0.1) is 18.6 Å². The Kier molecular flexibility index (Phi) is 4.57. The van der Waals surface area contributed by atoms with Crippen molar-refractivity contribution in [1.82, 2.24) is 9.97 Å². The van der Waals surface area contributed by atoms with Crippen molar-refractivity contribution in [2.24, 2.45) is 0 Å². The molecule has 0 aliphatic rings. The minimum absolute atomic E-state index is 0.265. The molecule has 0 unspecified atom stereocenters. The van der Waals surface area contributed by atoms with E-state index in [4.69, 9.17) is 11.6 Å². The Morgan fingerprint density at radius 1 is 0.875 bits per heavy atom. The quantitative estimate of drug-likeness (QED) is 0.681. The number of aryl methyl sites for hydroxylation is 1. The Morgan fingerprint density at radius 3 is 2.17 bits per heavy atom. The SMILES string of the molecule is Cc1nc(Nc2ccccc2Cl)cc(Nc2c(F)cccc2F)n1. The van der Waals surface area contributed by atoms with Crippen LogP contribution in [0.4, 0.5) is 31.8 Å². The van der Waals surface area contributed by atoms with Crippen LogP contribution in [-0.2, 0) is 0 Å². The highest BCUT2D eigenvalue weighted by Crippen LogP contribution is 2.27. The lowest BCUT2D eigenvalue weighted by atomic mass is 10.3. The van der Waals surface area contributed by atoms with E-state index < -0.39 is 11.6 Å². The summed E-state index contributed by atoms with van der Waals surface area (Å²) in [5.74, 6) is -0.249. The standard InChI is InChI=1S/C17H13ClF2N4/c1-10-21-15(23-14-8-3-2-5-11(14)18)9-16(22-10)24-17-12(19)6-4-7-13(17)20/h2-9H,1H3,(H2,21,22,23,24). The Bertz CT molecular complexity index is 866. The molecule has 0 saturated heterocycles. The summed E-state index contributed by atoms with van der Waals surface area (Å²) in [5.41, 5.74) is 0.402. The molecular formula is C17H13ClF2N4. The Hall–Kier alpha value is -2.73. The summed E-state index contributed by atoms with van der Waals surface area (Å²) in [7, 11) is 0. The zero-order valence-corrected chi connectivity index (χ0v) is 13.4. The number of benzene rings is 2. The van der Waals surface area contributed by atoms with Crippen molar-refractivity contribution >= 4 is 34.6 Å². The lowest BCUT2D eigenvalue weighted by Crippen LogP contribution is -2.04. The highest BCUT2D eigenvalue weighted by molar-refractivity contribution is 6.33. The molecule has 2 aromatic carbocycles. The van der Waals surface area contributed by atoms with Crippen molar-refractivity contribution in [2.75, 3.05) is 10.6 Å². The molecule has 0 bridgehead atoms. The van der Waals surface area contributed by atoms with Crippen molar-refractivity contribution < 1.29 is 8.78 Å². The van der Waals surface area contributed by atoms with E-state index in [0.717, 1.165) is 0 Å². The Balaban J connectivity index is 1.91. The van der Waals surface area contributed by atoms with E-state index in [0.29, 0.717) is 22.4 Å². The average molecular weight is 347 g/mol. The molecule has 2 N–H and O–H groups in total. The molecule has 0 aliphatic carbocycles. The third kappa shape index (κ3) is 3.60. The van der Waals surface area contributed by atoms with Crippen LogP contribution in [0.15, 0.2) is 48.5 Å². The second-order valence-corrected chi connectivity index (χ2v) is 5.42. The van der Waals surface area contributed by atoms with Gasteiger partial charge in [-0.25, -0.2) is 18.7 Å². The van der Waals surface area contributed by atoms with Crippen LogP contribution in [0.5, 0.6) is 0 Å². The van der Waals surface area contributed by atoms with Gasteiger partial charge >= 0.3 is 0 Å². The summed E-state index contributed by atoms with van der Waals surface area (Å²) in [6.07, 6.45) is 0. The molecule has 24 heavy (non-hydrogen) atoms. The van der Waals surface area contributed by atoms with E-state index in [1.165, 1.54) is 18.2 Å². The van der Waals surface area contributed by atoms with Crippen molar-refractivity contribution in [3.8, 4) is 0 Å². The molecule has 0 spiro atoms. The van der Waals surface area contributed by atoms with Gasteiger partial charge in [0.15, 0.2) is 0 Å². The van der Waals surface area contributed by atoms with Gasteiger partial charge < -0.3 is 10.6 Å². The molecule has 1 aromatic heterocycles. The average Bonchev–Trinajstić information content (AvgIpc) is 2.53. The summed E-state index contributed by atoms with van der Waals surface area (Å²) in [5, 5.41) is 6.24. The monoisotopic (exact) mass is 346 g/mol. The van der Waals surface area contributed by atoms with Gasteiger partial charge in [0, 0.05) is 6.07 Å². The molecule has 122 valence electrons. The number of hydrogen-bond acceptors (Lipinski definition) is 4. The molecule has 0 fully saturated rings. The number of aromatic nitrogens is 2. The third-order valence-corrected chi connectivity index (χ3v) is 3.52. The van der Waals surface area contributed by atoms with Gasteiger partial charge in [0.1, 0.15) is 34.8 Å². The fourth-order valence-electron chi connectivity index (χ4n) is 2.14. The van der Waals surface area contributed by atoms with Gasteiger partial charge in [-0.2, -0.15) is 0 Å². The minimum Gasteiger partial charge on any atom is -0.339 e. The second kappa shape index (κ2) is 6.80. The second-order valence-electron chi connectivity index (χ2n) is 5.01. The number of rotatable bonds is 4. The zero-order valence-electron chi connectivity index (χ0n) is 12.6. The van der Waals surface area contributed by atoms with E-state index >= 15 is 0 Å². The summed E-state index contributed by atoms with van der Waals surface area (Å²) in [6, 6.07) is 12.4. The predicted octanol–water partition coefficient (Wildman–Crippen LogP) is 5.20. The van der Waals surface area contributed by atoms with Crippen LogP contribution in [-0.4, -0.2) is 9.97 Å². The topological polar surface area (TPSA) is 49.8 Å². The molecule has 1 heterocycles. The first-order valence-electron chi connectivity index (χ1n) is 7.11. The van der Waals surface area contributed by atoms with Crippen LogP contribution >= 0.6 is 11.6 Å². The molecule has 0 amide bonds. The summed E-state index contributed by atoms with van der Waals surface area (Å²) in [6.45, 7) is 1.68. The molecule has 3 aromatic rings. The molecule has 0 atom stereocenters. The van der Waals surface area contributed by atoms with E-state index in [1.807, 2.05) is 12.1 Å². The first-order valence-corrected chi connectivity index (χ1v) is 7.49. The molecule has 3 rings (SSSR count). The van der Waals surface area contributed by atoms with Gasteiger partial charge in [-0.3, -0.25) is 0 Å². The Labute approximate surface area is 142 Å². The fraction of sp³-hybridized carbons (Fsp3) is 0.0588. The third-order valence-electron chi connectivity index (χ3n) is 3.19. The summed E-state index contributed by atoms with van der Waals surface area (Å²) >= 11 is 6.10. The molecule has 0 radical (unpaired) electrons. The number of nitrogens with one attached hydrogen (secondary N) is 2. The fourth-order valence-corrected chi connectivity index (χ4v) is 2.32. The van der Waals surface area contributed by atoms with Gasteiger partial charge in [0.25, 0.3) is 0 Å². The minimum atomic E-state index is -0.702. The van der Waals surface area contributed by atoms with E-state index in [2.05, 4.69) is 20.6 Å². The van der Waals surface area contributed by atoms with Gasteiger partial charge in [-0.05, 0) is 31.2 Å². The highest BCUT2D eigenvalue weighted by atomic mass is 35.5. The molecule has 4 nitrogen and oxygen atoms in total. The normalized spacial score (nSPS) is 10.5.